The van der Waals surface area contributed by atoms with E-state index in [-0.39, 0.29) is 24.0 Å². The van der Waals surface area contributed by atoms with Crippen molar-refractivity contribution in [2.45, 2.75) is 71.4 Å². The molecule has 0 amide bonds. The topological polar surface area (TPSA) is 65.7 Å². The number of likely N-dealkylation sites (tertiary alicyclic amines) is 1. The fraction of sp³-hybridized carbons (Fsp3) is 0.789. The number of nitrogens with one attached hydrogen (secondary N) is 2. The monoisotopic (exact) mass is 477 g/mol. The second-order valence-electron chi connectivity index (χ2n) is 6.84. The first-order valence-corrected chi connectivity index (χ1v) is 9.85. The lowest BCUT2D eigenvalue weighted by atomic mass is 9.99. The SMILES string of the molecule is CCC(CC)c1cc(CNC(=NC)NCC(CC)N2CCCC2)on1.I. The van der Waals surface area contributed by atoms with E-state index in [9.17, 15) is 0 Å². The Morgan fingerprint density at radius 2 is 1.88 bits per heavy atom. The number of nitrogens with zero attached hydrogens (tertiary/aromatic N) is 3. The predicted octanol–water partition coefficient (Wildman–Crippen LogP) is 3.74. The van der Waals surface area contributed by atoms with E-state index in [1.54, 1.807) is 0 Å². The minimum absolute atomic E-state index is 0. The van der Waals surface area contributed by atoms with E-state index >= 15 is 0 Å². The minimum atomic E-state index is 0. The molecule has 7 heteroatoms. The van der Waals surface area contributed by atoms with Crippen molar-refractivity contribution >= 4 is 29.9 Å². The normalized spacial score (nSPS) is 16.6. The zero-order valence-corrected chi connectivity index (χ0v) is 19.1. The van der Waals surface area contributed by atoms with E-state index in [1.807, 2.05) is 7.05 Å². The summed E-state index contributed by atoms with van der Waals surface area (Å²) in [6, 6.07) is 2.64. The van der Waals surface area contributed by atoms with Crippen molar-refractivity contribution < 1.29 is 4.52 Å². The second kappa shape index (κ2) is 12.5. The molecule has 2 rings (SSSR count). The molecule has 26 heavy (non-hydrogen) atoms. The van der Waals surface area contributed by atoms with Gasteiger partial charge in [0, 0.05) is 31.6 Å². The maximum atomic E-state index is 5.47. The zero-order chi connectivity index (χ0) is 18.1. The third-order valence-corrected chi connectivity index (χ3v) is 5.27. The molecule has 1 atom stereocenters. The highest BCUT2D eigenvalue weighted by molar-refractivity contribution is 14.0. The Morgan fingerprint density at radius 3 is 2.46 bits per heavy atom. The Morgan fingerprint density at radius 1 is 1.19 bits per heavy atom. The Kier molecular flexibility index (Phi) is 11.2. The van der Waals surface area contributed by atoms with Gasteiger partial charge in [0.15, 0.2) is 11.7 Å². The average molecular weight is 477 g/mol. The van der Waals surface area contributed by atoms with Gasteiger partial charge in [0.05, 0.1) is 12.2 Å². The third-order valence-electron chi connectivity index (χ3n) is 5.27. The lowest BCUT2D eigenvalue weighted by Gasteiger charge is -2.27. The summed E-state index contributed by atoms with van der Waals surface area (Å²) in [5, 5.41) is 11.0. The van der Waals surface area contributed by atoms with Gasteiger partial charge < -0.3 is 15.2 Å². The highest BCUT2D eigenvalue weighted by atomic mass is 127. The van der Waals surface area contributed by atoms with E-state index in [2.05, 4.69) is 52.5 Å². The van der Waals surface area contributed by atoms with Gasteiger partial charge in [-0.15, -0.1) is 24.0 Å². The zero-order valence-electron chi connectivity index (χ0n) is 16.8. The Balaban J connectivity index is 0.00000338. The summed E-state index contributed by atoms with van der Waals surface area (Å²) in [6.45, 7) is 10.6. The van der Waals surface area contributed by atoms with E-state index in [1.165, 1.54) is 25.9 Å². The van der Waals surface area contributed by atoms with Gasteiger partial charge in [-0.2, -0.15) is 0 Å². The van der Waals surface area contributed by atoms with Gasteiger partial charge in [0.1, 0.15) is 0 Å². The van der Waals surface area contributed by atoms with Gasteiger partial charge in [-0.05, 0) is 45.2 Å². The Labute approximate surface area is 175 Å². The van der Waals surface area contributed by atoms with Crippen LogP contribution in [0.4, 0.5) is 0 Å². The second-order valence-corrected chi connectivity index (χ2v) is 6.84. The van der Waals surface area contributed by atoms with Crippen molar-refractivity contribution in [2.75, 3.05) is 26.7 Å². The number of guanidine groups is 1. The van der Waals surface area contributed by atoms with Crippen LogP contribution in [0.25, 0.3) is 0 Å². The first kappa shape index (κ1) is 23.2. The first-order valence-electron chi connectivity index (χ1n) is 9.85. The molecule has 0 saturated carbocycles. The lowest BCUT2D eigenvalue weighted by molar-refractivity contribution is 0.236. The van der Waals surface area contributed by atoms with Crippen LogP contribution in [-0.2, 0) is 6.54 Å². The molecule has 0 radical (unpaired) electrons. The minimum Gasteiger partial charge on any atom is -0.359 e. The fourth-order valence-electron chi connectivity index (χ4n) is 3.56. The average Bonchev–Trinajstić information content (AvgIpc) is 3.31. The molecule has 1 aromatic heterocycles. The maximum absolute atomic E-state index is 5.47. The van der Waals surface area contributed by atoms with E-state index in [0.717, 1.165) is 43.2 Å². The molecule has 6 nitrogen and oxygen atoms in total. The molecule has 0 aromatic carbocycles. The molecule has 0 spiro atoms. The molecular formula is C19H36IN5O. The summed E-state index contributed by atoms with van der Waals surface area (Å²) in [4.78, 5) is 6.91. The van der Waals surface area contributed by atoms with Crippen LogP contribution in [0.3, 0.4) is 0 Å². The Bertz CT molecular complexity index is 524. The van der Waals surface area contributed by atoms with Crippen LogP contribution in [-0.4, -0.2) is 48.7 Å². The van der Waals surface area contributed by atoms with Gasteiger partial charge in [-0.1, -0.05) is 25.9 Å². The van der Waals surface area contributed by atoms with Crippen molar-refractivity contribution in [1.82, 2.24) is 20.7 Å². The number of hydrogen-bond donors (Lipinski definition) is 2. The molecule has 0 bridgehead atoms. The number of rotatable bonds is 9. The van der Waals surface area contributed by atoms with Crippen molar-refractivity contribution in [2.24, 2.45) is 4.99 Å². The largest absolute Gasteiger partial charge is 0.359 e. The van der Waals surface area contributed by atoms with Crippen molar-refractivity contribution in [3.05, 3.63) is 17.5 Å². The highest BCUT2D eigenvalue weighted by Gasteiger charge is 2.20. The van der Waals surface area contributed by atoms with Crippen LogP contribution in [0, 0.1) is 0 Å². The third kappa shape index (κ3) is 6.72. The first-order chi connectivity index (χ1) is 12.2. The highest BCUT2D eigenvalue weighted by Crippen LogP contribution is 2.22. The van der Waals surface area contributed by atoms with Crippen LogP contribution in [0.1, 0.15) is 70.2 Å². The fourth-order valence-corrected chi connectivity index (χ4v) is 3.56. The summed E-state index contributed by atoms with van der Waals surface area (Å²) in [6.07, 6.45) is 5.99. The van der Waals surface area contributed by atoms with Gasteiger partial charge in [0.2, 0.25) is 0 Å². The molecule has 1 aromatic rings. The number of aromatic nitrogens is 1. The van der Waals surface area contributed by atoms with Gasteiger partial charge in [0.25, 0.3) is 0 Å². The summed E-state index contributed by atoms with van der Waals surface area (Å²) >= 11 is 0. The molecule has 1 fully saturated rings. The van der Waals surface area contributed by atoms with Crippen LogP contribution in [0.5, 0.6) is 0 Å². The molecule has 150 valence electrons. The summed E-state index contributed by atoms with van der Waals surface area (Å²) in [5.74, 6) is 2.16. The maximum Gasteiger partial charge on any atom is 0.191 e. The predicted molar refractivity (Wildman–Crippen MR) is 118 cm³/mol. The van der Waals surface area contributed by atoms with Crippen molar-refractivity contribution in [3.8, 4) is 0 Å². The molecule has 1 unspecified atom stereocenters. The van der Waals surface area contributed by atoms with Gasteiger partial charge >= 0.3 is 0 Å². The molecule has 1 saturated heterocycles. The molecule has 1 aliphatic heterocycles. The summed E-state index contributed by atoms with van der Waals surface area (Å²) in [5.41, 5.74) is 1.06. The molecular weight excluding hydrogens is 441 g/mol. The van der Waals surface area contributed by atoms with E-state index in [4.69, 9.17) is 4.52 Å². The smallest absolute Gasteiger partial charge is 0.191 e. The Hall–Kier alpha value is -0.830. The van der Waals surface area contributed by atoms with Crippen molar-refractivity contribution in [1.29, 1.82) is 0 Å². The summed E-state index contributed by atoms with van der Waals surface area (Å²) in [7, 11) is 1.81. The molecule has 1 aliphatic rings. The van der Waals surface area contributed by atoms with Crippen LogP contribution < -0.4 is 10.6 Å². The van der Waals surface area contributed by atoms with Gasteiger partial charge in [-0.25, -0.2) is 0 Å². The van der Waals surface area contributed by atoms with Crippen molar-refractivity contribution in [3.63, 3.8) is 0 Å². The number of hydrogen-bond acceptors (Lipinski definition) is 4. The van der Waals surface area contributed by atoms with E-state index in [0.29, 0.717) is 18.5 Å². The lowest BCUT2D eigenvalue weighted by Crippen LogP contribution is -2.46. The molecule has 0 aliphatic carbocycles. The quantitative estimate of drug-likeness (QED) is 0.322. The van der Waals surface area contributed by atoms with E-state index < -0.39 is 0 Å². The standard InChI is InChI=1S/C19H35N5O.HI/c1-5-15(6-2)18-12-17(25-23-18)14-22-19(20-4)21-13-16(7-3)24-10-8-9-11-24;/h12,15-16H,5-11,13-14H2,1-4H3,(H2,20,21,22);1H. The van der Waals surface area contributed by atoms with Crippen LogP contribution in [0.15, 0.2) is 15.6 Å². The molecule has 2 heterocycles. The number of aliphatic imine (C=N–C) groups is 1. The van der Waals surface area contributed by atoms with Gasteiger partial charge in [-0.3, -0.25) is 9.89 Å². The van der Waals surface area contributed by atoms with Crippen LogP contribution in [0.2, 0.25) is 0 Å². The summed E-state index contributed by atoms with van der Waals surface area (Å²) < 4.78 is 5.47. The molecule has 2 N–H and O–H groups in total. The van der Waals surface area contributed by atoms with Crippen LogP contribution >= 0.6 is 24.0 Å². The number of halogens is 1.